The molecular formula is C14H11ClN4. The third kappa shape index (κ3) is 2.22. The fraction of sp³-hybridized carbons (Fsp3) is 0.0714. The molecule has 0 saturated heterocycles. The van der Waals surface area contributed by atoms with Gasteiger partial charge in [0.25, 0.3) is 0 Å². The molecule has 0 spiro atoms. The molecule has 0 atom stereocenters. The number of halogens is 1. The number of nitrogens with zero attached hydrogens (tertiary/aromatic N) is 3. The van der Waals surface area contributed by atoms with Crippen LogP contribution in [0.3, 0.4) is 0 Å². The zero-order chi connectivity index (χ0) is 13.2. The fourth-order valence-corrected chi connectivity index (χ4v) is 2.20. The summed E-state index contributed by atoms with van der Waals surface area (Å²) in [6.07, 6.45) is 3.82. The highest BCUT2D eigenvalue weighted by Crippen LogP contribution is 2.24. The normalized spacial score (nSPS) is 10.8. The van der Waals surface area contributed by atoms with Gasteiger partial charge in [-0.05, 0) is 17.7 Å². The summed E-state index contributed by atoms with van der Waals surface area (Å²) in [6.45, 7) is 0. The molecule has 0 bridgehead atoms. The van der Waals surface area contributed by atoms with Gasteiger partial charge in [0, 0.05) is 18.0 Å². The van der Waals surface area contributed by atoms with Crippen molar-refractivity contribution in [3.8, 4) is 0 Å². The molecule has 0 amide bonds. The first-order valence-corrected chi connectivity index (χ1v) is 6.21. The molecule has 3 aromatic rings. The van der Waals surface area contributed by atoms with E-state index in [0.29, 0.717) is 17.3 Å². The van der Waals surface area contributed by atoms with Gasteiger partial charge in [0.1, 0.15) is 17.2 Å². The van der Waals surface area contributed by atoms with Crippen LogP contribution in [0.5, 0.6) is 0 Å². The van der Waals surface area contributed by atoms with Gasteiger partial charge >= 0.3 is 0 Å². The van der Waals surface area contributed by atoms with E-state index in [1.54, 1.807) is 6.20 Å². The standard InChI is InChI=1S/C14H11ClN4/c15-13-12(18-8-19-14(13)16)7-9-5-6-17-11-4-2-1-3-10(9)11/h1-6,8H,7H2,(H2,16,18,19). The number of pyridine rings is 1. The molecule has 4 nitrogen and oxygen atoms in total. The van der Waals surface area contributed by atoms with Crippen molar-refractivity contribution in [2.75, 3.05) is 5.73 Å². The molecule has 2 N–H and O–H groups in total. The molecule has 2 heterocycles. The maximum atomic E-state index is 6.13. The molecule has 0 aliphatic rings. The molecule has 0 aliphatic carbocycles. The Kier molecular flexibility index (Phi) is 3.01. The summed E-state index contributed by atoms with van der Waals surface area (Å²) in [6, 6.07) is 9.94. The summed E-state index contributed by atoms with van der Waals surface area (Å²) in [5.41, 5.74) is 8.49. The summed E-state index contributed by atoms with van der Waals surface area (Å²) < 4.78 is 0. The van der Waals surface area contributed by atoms with Crippen molar-refractivity contribution >= 4 is 28.3 Å². The van der Waals surface area contributed by atoms with Crippen LogP contribution in [0.1, 0.15) is 11.3 Å². The number of para-hydroxylation sites is 1. The Morgan fingerprint density at radius 2 is 1.89 bits per heavy atom. The molecule has 0 saturated carbocycles. The van der Waals surface area contributed by atoms with Crippen molar-refractivity contribution in [1.82, 2.24) is 15.0 Å². The zero-order valence-corrected chi connectivity index (χ0v) is 10.8. The van der Waals surface area contributed by atoms with E-state index in [1.807, 2.05) is 30.3 Å². The molecule has 0 aliphatic heterocycles. The number of benzene rings is 1. The number of fused-ring (bicyclic) bond motifs is 1. The first kappa shape index (κ1) is 11.9. The minimum absolute atomic E-state index is 0.310. The maximum Gasteiger partial charge on any atom is 0.145 e. The third-order valence-corrected chi connectivity index (χ3v) is 3.40. The lowest BCUT2D eigenvalue weighted by atomic mass is 10.0. The Morgan fingerprint density at radius 1 is 1.05 bits per heavy atom. The molecule has 1 aromatic carbocycles. The monoisotopic (exact) mass is 270 g/mol. The smallest absolute Gasteiger partial charge is 0.145 e. The van der Waals surface area contributed by atoms with E-state index in [0.717, 1.165) is 22.2 Å². The van der Waals surface area contributed by atoms with Gasteiger partial charge < -0.3 is 5.73 Å². The molecule has 5 heteroatoms. The fourth-order valence-electron chi connectivity index (χ4n) is 2.03. The van der Waals surface area contributed by atoms with Gasteiger partial charge in [0.2, 0.25) is 0 Å². The number of hydrogen-bond donors (Lipinski definition) is 1. The van der Waals surface area contributed by atoms with Gasteiger partial charge in [-0.1, -0.05) is 29.8 Å². The average Bonchev–Trinajstić information content (AvgIpc) is 2.44. The number of anilines is 1. The number of nitrogen functional groups attached to an aromatic ring is 1. The molecule has 94 valence electrons. The second kappa shape index (κ2) is 4.82. The van der Waals surface area contributed by atoms with Crippen LogP contribution in [0.2, 0.25) is 5.02 Å². The lowest BCUT2D eigenvalue weighted by Crippen LogP contribution is -2.00. The minimum atomic E-state index is 0.310. The Balaban J connectivity index is 2.09. The number of nitrogens with two attached hydrogens (primary N) is 1. The van der Waals surface area contributed by atoms with Gasteiger partial charge in [-0.25, -0.2) is 9.97 Å². The van der Waals surface area contributed by atoms with Crippen LogP contribution >= 0.6 is 11.6 Å². The molecule has 3 rings (SSSR count). The average molecular weight is 271 g/mol. The lowest BCUT2D eigenvalue weighted by Gasteiger charge is -2.07. The summed E-state index contributed by atoms with van der Waals surface area (Å²) in [4.78, 5) is 12.4. The Hall–Kier alpha value is -2.20. The summed E-state index contributed by atoms with van der Waals surface area (Å²) in [7, 11) is 0. The highest BCUT2D eigenvalue weighted by atomic mass is 35.5. The van der Waals surface area contributed by atoms with Gasteiger partial charge in [0.05, 0.1) is 11.2 Å². The molecule has 0 fully saturated rings. The minimum Gasteiger partial charge on any atom is -0.382 e. The van der Waals surface area contributed by atoms with Gasteiger partial charge in [-0.3, -0.25) is 4.98 Å². The van der Waals surface area contributed by atoms with Crippen LogP contribution in [0.25, 0.3) is 10.9 Å². The van der Waals surface area contributed by atoms with Crippen LogP contribution in [0.4, 0.5) is 5.82 Å². The SMILES string of the molecule is Nc1ncnc(Cc2ccnc3ccccc23)c1Cl. The van der Waals surface area contributed by atoms with Gasteiger partial charge in [-0.15, -0.1) is 0 Å². The van der Waals surface area contributed by atoms with Gasteiger partial charge in [-0.2, -0.15) is 0 Å². The molecular weight excluding hydrogens is 260 g/mol. The van der Waals surface area contributed by atoms with Crippen molar-refractivity contribution in [3.05, 3.63) is 59.1 Å². The van der Waals surface area contributed by atoms with E-state index in [2.05, 4.69) is 15.0 Å². The quantitative estimate of drug-likeness (QED) is 0.778. The van der Waals surface area contributed by atoms with Crippen LogP contribution in [0.15, 0.2) is 42.9 Å². The molecule has 0 radical (unpaired) electrons. The van der Waals surface area contributed by atoms with Crippen molar-refractivity contribution < 1.29 is 0 Å². The van der Waals surface area contributed by atoms with Crippen molar-refractivity contribution in [1.29, 1.82) is 0 Å². The van der Waals surface area contributed by atoms with Crippen molar-refractivity contribution in [2.45, 2.75) is 6.42 Å². The summed E-state index contributed by atoms with van der Waals surface area (Å²) >= 11 is 6.13. The topological polar surface area (TPSA) is 64.7 Å². The third-order valence-electron chi connectivity index (χ3n) is 2.99. The van der Waals surface area contributed by atoms with E-state index in [9.17, 15) is 0 Å². The van der Waals surface area contributed by atoms with Crippen LogP contribution in [0, 0.1) is 0 Å². The summed E-state index contributed by atoms with van der Waals surface area (Å²) in [5.74, 6) is 0.310. The Bertz CT molecular complexity index is 737. The second-order valence-corrected chi connectivity index (χ2v) is 4.56. The molecule has 2 aromatic heterocycles. The Morgan fingerprint density at radius 3 is 2.79 bits per heavy atom. The van der Waals surface area contributed by atoms with Crippen LogP contribution < -0.4 is 5.73 Å². The lowest BCUT2D eigenvalue weighted by molar-refractivity contribution is 1.04. The number of aromatic nitrogens is 3. The predicted molar refractivity (Wildman–Crippen MR) is 76.0 cm³/mol. The van der Waals surface area contributed by atoms with E-state index in [4.69, 9.17) is 17.3 Å². The predicted octanol–water partition coefficient (Wildman–Crippen LogP) is 2.85. The zero-order valence-electron chi connectivity index (χ0n) is 10.0. The molecule has 0 unspecified atom stereocenters. The van der Waals surface area contributed by atoms with E-state index < -0.39 is 0 Å². The van der Waals surface area contributed by atoms with E-state index in [-0.39, 0.29) is 0 Å². The van der Waals surface area contributed by atoms with E-state index in [1.165, 1.54) is 6.33 Å². The van der Waals surface area contributed by atoms with E-state index >= 15 is 0 Å². The highest BCUT2D eigenvalue weighted by molar-refractivity contribution is 6.33. The van der Waals surface area contributed by atoms with Crippen molar-refractivity contribution in [3.63, 3.8) is 0 Å². The largest absolute Gasteiger partial charge is 0.382 e. The summed E-state index contributed by atoms with van der Waals surface area (Å²) in [5, 5.41) is 1.52. The van der Waals surface area contributed by atoms with Crippen LogP contribution in [-0.4, -0.2) is 15.0 Å². The maximum absolute atomic E-state index is 6.13. The van der Waals surface area contributed by atoms with Crippen molar-refractivity contribution in [2.24, 2.45) is 0 Å². The number of hydrogen-bond acceptors (Lipinski definition) is 4. The Labute approximate surface area is 115 Å². The van der Waals surface area contributed by atoms with Gasteiger partial charge in [0.15, 0.2) is 0 Å². The molecule has 19 heavy (non-hydrogen) atoms. The first-order valence-electron chi connectivity index (χ1n) is 5.83. The first-order chi connectivity index (χ1) is 9.25. The second-order valence-electron chi connectivity index (χ2n) is 4.18. The van der Waals surface area contributed by atoms with Crippen LogP contribution in [-0.2, 0) is 6.42 Å². The highest BCUT2D eigenvalue weighted by Gasteiger charge is 2.09. The number of rotatable bonds is 2.